The minimum atomic E-state index is 0.827. The van der Waals surface area contributed by atoms with Crippen molar-refractivity contribution >= 4 is 33.1 Å². The Hall–Kier alpha value is -2.79. The highest BCUT2D eigenvalue weighted by Gasteiger charge is 2.15. The van der Waals surface area contributed by atoms with Crippen LogP contribution >= 0.6 is 15.9 Å². The Morgan fingerprint density at radius 1 is 1.00 bits per heavy atom. The normalized spacial score (nSPS) is 10.9. The molecular weight excluding hydrogens is 390 g/mol. The molecule has 0 aliphatic carbocycles. The Balaban J connectivity index is 1.89. The minimum Gasteiger partial charge on any atom is -0.497 e. The van der Waals surface area contributed by atoms with Crippen LogP contribution in [0.1, 0.15) is 5.56 Å². The first kappa shape index (κ1) is 16.7. The summed E-state index contributed by atoms with van der Waals surface area (Å²) in [4.78, 5) is 4.84. The Bertz CT molecular complexity index is 1070. The molecule has 0 unspecified atom stereocenters. The quantitative estimate of drug-likeness (QED) is 0.462. The van der Waals surface area contributed by atoms with Crippen molar-refractivity contribution in [1.29, 1.82) is 0 Å². The van der Waals surface area contributed by atoms with E-state index in [0.717, 1.165) is 38.6 Å². The molecule has 1 N–H and O–H groups in total. The molecule has 0 atom stereocenters. The number of pyridine rings is 1. The number of imidazole rings is 1. The first-order valence-electron chi connectivity index (χ1n) is 8.30. The second-order valence-electron chi connectivity index (χ2n) is 6.05. The van der Waals surface area contributed by atoms with E-state index in [-0.39, 0.29) is 0 Å². The lowest BCUT2D eigenvalue weighted by atomic mass is 10.1. The van der Waals surface area contributed by atoms with Crippen LogP contribution in [-0.4, -0.2) is 16.5 Å². The summed E-state index contributed by atoms with van der Waals surface area (Å²) in [5.41, 5.74) is 5.05. The number of nitrogens with one attached hydrogen (secondary N) is 1. The summed E-state index contributed by atoms with van der Waals surface area (Å²) in [6, 6.07) is 20.2. The Morgan fingerprint density at radius 3 is 2.50 bits per heavy atom. The smallest absolute Gasteiger partial charge is 0.143 e. The molecule has 0 spiro atoms. The number of benzene rings is 2. The predicted octanol–water partition coefficient (Wildman–Crippen LogP) is 5.82. The van der Waals surface area contributed by atoms with E-state index in [0.29, 0.717) is 0 Å². The van der Waals surface area contributed by atoms with E-state index >= 15 is 0 Å². The Morgan fingerprint density at radius 2 is 1.77 bits per heavy atom. The summed E-state index contributed by atoms with van der Waals surface area (Å²) in [5, 5.41) is 3.57. The van der Waals surface area contributed by atoms with Crippen molar-refractivity contribution < 1.29 is 4.74 Å². The molecule has 0 saturated carbocycles. The van der Waals surface area contributed by atoms with Gasteiger partial charge >= 0.3 is 0 Å². The summed E-state index contributed by atoms with van der Waals surface area (Å²) in [6.07, 6.45) is 2.02. The topological polar surface area (TPSA) is 38.6 Å². The first-order valence-corrected chi connectivity index (χ1v) is 9.10. The lowest BCUT2D eigenvalue weighted by Crippen LogP contribution is -1.98. The van der Waals surface area contributed by atoms with E-state index in [9.17, 15) is 0 Å². The average Bonchev–Trinajstić information content (AvgIpc) is 3.01. The standard InChI is InChI=1S/C21H18BrN3O/c1-14-5-3-4-6-18(14)23-21-20(15-7-10-17(26-2)11-8-15)24-19-12-9-16(22)13-25(19)21/h3-13,23H,1-2H3. The number of rotatable bonds is 4. The van der Waals surface area contributed by atoms with Crippen LogP contribution in [0.5, 0.6) is 5.75 Å². The maximum atomic E-state index is 5.27. The molecule has 0 aliphatic rings. The number of fused-ring (bicyclic) bond motifs is 1. The first-order chi connectivity index (χ1) is 12.7. The number of hydrogen-bond donors (Lipinski definition) is 1. The van der Waals surface area contributed by atoms with Crippen LogP contribution in [0.3, 0.4) is 0 Å². The van der Waals surface area contributed by atoms with E-state index in [1.54, 1.807) is 7.11 Å². The average molecular weight is 408 g/mol. The van der Waals surface area contributed by atoms with Crippen LogP contribution in [0.4, 0.5) is 11.5 Å². The molecule has 130 valence electrons. The second-order valence-corrected chi connectivity index (χ2v) is 6.97. The highest BCUT2D eigenvalue weighted by molar-refractivity contribution is 9.10. The largest absolute Gasteiger partial charge is 0.497 e. The molecule has 26 heavy (non-hydrogen) atoms. The van der Waals surface area contributed by atoms with Gasteiger partial charge in [0.25, 0.3) is 0 Å². The molecular formula is C21H18BrN3O. The molecule has 2 aromatic heterocycles. The van der Waals surface area contributed by atoms with Gasteiger partial charge in [0.05, 0.1) is 7.11 Å². The number of nitrogens with zero attached hydrogens (tertiary/aromatic N) is 2. The molecule has 0 fully saturated rings. The predicted molar refractivity (Wildman–Crippen MR) is 109 cm³/mol. The van der Waals surface area contributed by atoms with Crippen LogP contribution in [0.2, 0.25) is 0 Å². The van der Waals surface area contributed by atoms with E-state index in [1.807, 2.05) is 54.7 Å². The van der Waals surface area contributed by atoms with E-state index in [2.05, 4.69) is 44.7 Å². The summed E-state index contributed by atoms with van der Waals surface area (Å²) < 4.78 is 8.34. The summed E-state index contributed by atoms with van der Waals surface area (Å²) >= 11 is 3.56. The van der Waals surface area contributed by atoms with Gasteiger partial charge in [-0.05, 0) is 70.9 Å². The number of para-hydroxylation sites is 1. The van der Waals surface area contributed by atoms with Gasteiger partial charge in [-0.1, -0.05) is 18.2 Å². The number of aryl methyl sites for hydroxylation is 1. The van der Waals surface area contributed by atoms with Gasteiger partial charge in [-0.3, -0.25) is 4.40 Å². The fraction of sp³-hybridized carbons (Fsp3) is 0.0952. The number of ether oxygens (including phenoxy) is 1. The summed E-state index contributed by atoms with van der Waals surface area (Å²) in [5.74, 6) is 1.76. The highest BCUT2D eigenvalue weighted by atomic mass is 79.9. The van der Waals surface area contributed by atoms with Gasteiger partial charge in [-0.2, -0.15) is 0 Å². The molecule has 0 amide bonds. The summed E-state index contributed by atoms with van der Waals surface area (Å²) in [6.45, 7) is 2.09. The SMILES string of the molecule is COc1ccc(-c2nc3ccc(Br)cn3c2Nc2ccccc2C)cc1. The van der Waals surface area contributed by atoms with Crippen LogP contribution < -0.4 is 10.1 Å². The minimum absolute atomic E-state index is 0.827. The molecule has 4 nitrogen and oxygen atoms in total. The van der Waals surface area contributed by atoms with E-state index in [1.165, 1.54) is 5.56 Å². The molecule has 0 aliphatic heterocycles. The van der Waals surface area contributed by atoms with Crippen molar-refractivity contribution in [3.63, 3.8) is 0 Å². The maximum absolute atomic E-state index is 5.27. The van der Waals surface area contributed by atoms with Gasteiger partial charge in [0.2, 0.25) is 0 Å². The van der Waals surface area contributed by atoms with Crippen LogP contribution in [0.15, 0.2) is 71.3 Å². The number of anilines is 2. The van der Waals surface area contributed by atoms with Gasteiger partial charge in [0.15, 0.2) is 0 Å². The molecule has 2 heterocycles. The third kappa shape index (κ3) is 3.06. The number of hydrogen-bond acceptors (Lipinski definition) is 3. The van der Waals surface area contributed by atoms with E-state index in [4.69, 9.17) is 9.72 Å². The third-order valence-electron chi connectivity index (χ3n) is 4.34. The fourth-order valence-corrected chi connectivity index (χ4v) is 3.27. The Labute approximate surface area is 160 Å². The number of halogens is 1. The molecule has 0 radical (unpaired) electrons. The van der Waals surface area contributed by atoms with E-state index < -0.39 is 0 Å². The second kappa shape index (κ2) is 6.84. The van der Waals surface area contributed by atoms with Crippen molar-refractivity contribution in [3.05, 3.63) is 76.9 Å². The molecule has 5 heteroatoms. The summed E-state index contributed by atoms with van der Waals surface area (Å²) in [7, 11) is 1.67. The van der Waals surface area contributed by atoms with Crippen LogP contribution in [0, 0.1) is 6.92 Å². The third-order valence-corrected chi connectivity index (χ3v) is 4.81. The zero-order valence-electron chi connectivity index (χ0n) is 14.5. The number of aromatic nitrogens is 2. The molecule has 4 aromatic rings. The Kier molecular flexibility index (Phi) is 4.39. The zero-order valence-corrected chi connectivity index (χ0v) is 16.1. The van der Waals surface area contributed by atoms with Crippen LogP contribution in [0.25, 0.3) is 16.9 Å². The van der Waals surface area contributed by atoms with Gasteiger partial charge in [-0.25, -0.2) is 4.98 Å². The lowest BCUT2D eigenvalue weighted by molar-refractivity contribution is 0.415. The van der Waals surface area contributed by atoms with Crippen molar-refractivity contribution in [1.82, 2.24) is 9.38 Å². The van der Waals surface area contributed by atoms with Crippen molar-refractivity contribution in [2.45, 2.75) is 6.92 Å². The fourth-order valence-electron chi connectivity index (χ4n) is 2.93. The van der Waals surface area contributed by atoms with Gasteiger partial charge < -0.3 is 10.1 Å². The lowest BCUT2D eigenvalue weighted by Gasteiger charge is -2.11. The van der Waals surface area contributed by atoms with Gasteiger partial charge in [0.1, 0.15) is 22.9 Å². The van der Waals surface area contributed by atoms with Gasteiger partial charge in [0, 0.05) is 21.9 Å². The number of methoxy groups -OCH3 is 1. The highest BCUT2D eigenvalue weighted by Crippen LogP contribution is 2.33. The monoisotopic (exact) mass is 407 g/mol. The maximum Gasteiger partial charge on any atom is 0.143 e. The van der Waals surface area contributed by atoms with Crippen molar-refractivity contribution in [3.8, 4) is 17.0 Å². The molecule has 2 aromatic carbocycles. The van der Waals surface area contributed by atoms with Crippen LogP contribution in [-0.2, 0) is 0 Å². The van der Waals surface area contributed by atoms with Crippen molar-refractivity contribution in [2.24, 2.45) is 0 Å². The molecule has 0 saturated heterocycles. The zero-order chi connectivity index (χ0) is 18.1. The van der Waals surface area contributed by atoms with Crippen molar-refractivity contribution in [2.75, 3.05) is 12.4 Å². The van der Waals surface area contributed by atoms with Gasteiger partial charge in [-0.15, -0.1) is 0 Å². The molecule has 0 bridgehead atoms. The molecule has 4 rings (SSSR count).